The summed E-state index contributed by atoms with van der Waals surface area (Å²) in [5, 5.41) is 6.41. The van der Waals surface area contributed by atoms with E-state index in [1.165, 1.54) is 4.90 Å². The van der Waals surface area contributed by atoms with Gasteiger partial charge >= 0.3 is 6.03 Å². The maximum Gasteiger partial charge on any atom is 0.324 e. The molecule has 3 aliphatic rings. The Balaban J connectivity index is 1.37. The van der Waals surface area contributed by atoms with E-state index < -0.39 is 0 Å². The number of amides is 4. The topological polar surface area (TPSA) is 95.8 Å². The minimum Gasteiger partial charge on any atom is -0.360 e. The van der Waals surface area contributed by atoms with Crippen LogP contribution < -0.4 is 5.32 Å². The number of nitrogens with one attached hydrogen (secondary N) is 1. The van der Waals surface area contributed by atoms with Crippen LogP contribution in [-0.4, -0.2) is 58.5 Å². The highest BCUT2D eigenvalue weighted by Crippen LogP contribution is 2.40. The molecule has 0 aromatic carbocycles. The Kier molecular flexibility index (Phi) is 3.32. The van der Waals surface area contributed by atoms with Crippen molar-refractivity contribution in [2.45, 2.75) is 37.6 Å². The van der Waals surface area contributed by atoms with Gasteiger partial charge in [-0.2, -0.15) is 0 Å². The Bertz CT molecular complexity index is 642. The first-order valence-electron chi connectivity index (χ1n) is 7.99. The van der Waals surface area contributed by atoms with Crippen molar-refractivity contribution in [3.63, 3.8) is 0 Å². The second-order valence-corrected chi connectivity index (χ2v) is 6.33. The Hall–Kier alpha value is -2.38. The molecule has 23 heavy (non-hydrogen) atoms. The maximum atomic E-state index is 12.5. The molecular formula is C15H18N4O4. The Morgan fingerprint density at radius 2 is 1.96 bits per heavy atom. The van der Waals surface area contributed by atoms with Crippen molar-refractivity contribution in [1.82, 2.24) is 20.3 Å². The van der Waals surface area contributed by atoms with Gasteiger partial charge in [-0.25, -0.2) is 4.79 Å². The number of nitrogens with zero attached hydrogens (tertiary/aromatic N) is 3. The fourth-order valence-corrected chi connectivity index (χ4v) is 3.24. The molecule has 3 heterocycles. The molecule has 0 bridgehead atoms. The lowest BCUT2D eigenvalue weighted by atomic mass is 10.0. The second kappa shape index (κ2) is 5.36. The lowest BCUT2D eigenvalue weighted by Crippen LogP contribution is -2.49. The number of urea groups is 1. The van der Waals surface area contributed by atoms with Gasteiger partial charge in [0.25, 0.3) is 5.91 Å². The molecule has 1 N–H and O–H groups in total. The molecule has 0 spiro atoms. The minimum atomic E-state index is -0.328. The molecule has 8 heteroatoms. The Labute approximate surface area is 132 Å². The van der Waals surface area contributed by atoms with Gasteiger partial charge in [0.2, 0.25) is 5.91 Å². The van der Waals surface area contributed by atoms with E-state index in [9.17, 15) is 14.4 Å². The van der Waals surface area contributed by atoms with Crippen molar-refractivity contribution in [1.29, 1.82) is 0 Å². The van der Waals surface area contributed by atoms with Crippen LogP contribution >= 0.6 is 0 Å². The van der Waals surface area contributed by atoms with Crippen molar-refractivity contribution in [2.24, 2.45) is 0 Å². The number of carbonyl (C=O) groups is 3. The summed E-state index contributed by atoms with van der Waals surface area (Å²) in [7, 11) is 0. The van der Waals surface area contributed by atoms with Crippen LogP contribution in [0.1, 0.15) is 47.8 Å². The summed E-state index contributed by atoms with van der Waals surface area (Å²) >= 11 is 0. The van der Waals surface area contributed by atoms with Crippen LogP contribution in [0.5, 0.6) is 0 Å². The molecule has 0 radical (unpaired) electrons. The van der Waals surface area contributed by atoms with Gasteiger partial charge in [-0.3, -0.25) is 14.5 Å². The van der Waals surface area contributed by atoms with Gasteiger partial charge in [-0.05, 0) is 25.7 Å². The third-order valence-electron chi connectivity index (χ3n) is 4.72. The largest absolute Gasteiger partial charge is 0.360 e. The molecule has 2 aliphatic heterocycles. The highest BCUT2D eigenvalue weighted by atomic mass is 16.5. The molecule has 1 aromatic rings. The number of aromatic nitrogens is 1. The summed E-state index contributed by atoms with van der Waals surface area (Å²) < 4.78 is 5.23. The number of piperidine rings is 1. The molecule has 1 aliphatic carbocycles. The van der Waals surface area contributed by atoms with Crippen LogP contribution in [0.15, 0.2) is 10.6 Å². The average Bonchev–Trinajstić information content (AvgIpc) is 3.20. The smallest absolute Gasteiger partial charge is 0.324 e. The molecule has 0 atom stereocenters. The standard InChI is InChI=1S/C15H18N4O4/c20-13-8-16-15(22)19(13)10-3-5-18(6-4-10)14(21)11-7-12(23-17-11)9-1-2-9/h7,9-10H,1-6,8H2,(H,16,22). The molecule has 8 nitrogen and oxygen atoms in total. The Morgan fingerprint density at radius 1 is 1.22 bits per heavy atom. The van der Waals surface area contributed by atoms with E-state index in [0.29, 0.717) is 37.5 Å². The lowest BCUT2D eigenvalue weighted by molar-refractivity contribution is -0.127. The number of hydrogen-bond donors (Lipinski definition) is 1. The summed E-state index contributed by atoms with van der Waals surface area (Å²) in [4.78, 5) is 38.9. The van der Waals surface area contributed by atoms with E-state index in [1.54, 1.807) is 11.0 Å². The van der Waals surface area contributed by atoms with Gasteiger partial charge in [0.05, 0.1) is 6.54 Å². The summed E-state index contributed by atoms with van der Waals surface area (Å²) in [5.74, 6) is 0.888. The molecule has 3 fully saturated rings. The van der Waals surface area contributed by atoms with Crippen molar-refractivity contribution in [3.05, 3.63) is 17.5 Å². The van der Waals surface area contributed by atoms with Gasteiger partial charge in [0, 0.05) is 31.1 Å². The zero-order valence-electron chi connectivity index (χ0n) is 12.7. The molecular weight excluding hydrogens is 300 g/mol. The molecule has 4 amide bonds. The van der Waals surface area contributed by atoms with E-state index in [4.69, 9.17) is 4.52 Å². The maximum absolute atomic E-state index is 12.5. The van der Waals surface area contributed by atoms with Crippen LogP contribution in [-0.2, 0) is 4.79 Å². The number of carbonyl (C=O) groups excluding carboxylic acids is 3. The van der Waals surface area contributed by atoms with Gasteiger partial charge in [-0.1, -0.05) is 5.16 Å². The summed E-state index contributed by atoms with van der Waals surface area (Å²) in [6.07, 6.45) is 3.39. The van der Waals surface area contributed by atoms with Gasteiger partial charge in [0.1, 0.15) is 5.76 Å². The minimum absolute atomic E-state index is 0.0703. The fourth-order valence-electron chi connectivity index (χ4n) is 3.24. The average molecular weight is 318 g/mol. The first-order valence-corrected chi connectivity index (χ1v) is 7.99. The summed E-state index contributed by atoms with van der Waals surface area (Å²) in [6, 6.07) is 1.28. The normalized spacial score (nSPS) is 22.6. The van der Waals surface area contributed by atoms with Crippen molar-refractivity contribution >= 4 is 17.8 Å². The summed E-state index contributed by atoms with van der Waals surface area (Å²) in [6.45, 7) is 1.08. The van der Waals surface area contributed by atoms with Gasteiger partial charge in [0.15, 0.2) is 5.69 Å². The van der Waals surface area contributed by atoms with Crippen LogP contribution in [0.2, 0.25) is 0 Å². The molecule has 1 saturated carbocycles. The zero-order valence-corrected chi connectivity index (χ0v) is 12.7. The van der Waals surface area contributed by atoms with E-state index in [1.807, 2.05) is 0 Å². The van der Waals surface area contributed by atoms with E-state index in [-0.39, 0.29) is 30.4 Å². The number of hydrogen-bond acceptors (Lipinski definition) is 5. The predicted molar refractivity (Wildman–Crippen MR) is 77.6 cm³/mol. The Morgan fingerprint density at radius 3 is 2.57 bits per heavy atom. The van der Waals surface area contributed by atoms with Crippen LogP contribution in [0, 0.1) is 0 Å². The van der Waals surface area contributed by atoms with Crippen molar-refractivity contribution in [3.8, 4) is 0 Å². The lowest BCUT2D eigenvalue weighted by Gasteiger charge is -2.34. The molecule has 122 valence electrons. The second-order valence-electron chi connectivity index (χ2n) is 6.33. The quantitative estimate of drug-likeness (QED) is 0.828. The van der Waals surface area contributed by atoms with Crippen molar-refractivity contribution in [2.75, 3.05) is 19.6 Å². The first kappa shape index (κ1) is 14.2. The van der Waals surface area contributed by atoms with Crippen LogP contribution in [0.4, 0.5) is 4.79 Å². The SMILES string of the molecule is O=C(c1cc(C2CC2)on1)N1CCC(N2C(=O)CNC2=O)CC1. The molecule has 0 unspecified atom stereocenters. The fraction of sp³-hybridized carbons (Fsp3) is 0.600. The molecule has 1 aromatic heterocycles. The zero-order chi connectivity index (χ0) is 16.0. The van der Waals surface area contributed by atoms with Crippen LogP contribution in [0.3, 0.4) is 0 Å². The highest BCUT2D eigenvalue weighted by Gasteiger charge is 2.38. The highest BCUT2D eigenvalue weighted by molar-refractivity contribution is 6.02. The van der Waals surface area contributed by atoms with Gasteiger partial charge in [-0.15, -0.1) is 0 Å². The van der Waals surface area contributed by atoms with Gasteiger partial charge < -0.3 is 14.7 Å². The monoisotopic (exact) mass is 318 g/mol. The third kappa shape index (κ3) is 2.58. The van der Waals surface area contributed by atoms with Crippen molar-refractivity contribution < 1.29 is 18.9 Å². The van der Waals surface area contributed by atoms with E-state index in [2.05, 4.69) is 10.5 Å². The van der Waals surface area contributed by atoms with E-state index in [0.717, 1.165) is 18.6 Å². The molecule has 2 saturated heterocycles. The van der Waals surface area contributed by atoms with Crippen LogP contribution in [0.25, 0.3) is 0 Å². The number of likely N-dealkylation sites (tertiary alicyclic amines) is 1. The third-order valence-corrected chi connectivity index (χ3v) is 4.72. The van der Waals surface area contributed by atoms with E-state index >= 15 is 0 Å². The predicted octanol–water partition coefficient (Wildman–Crippen LogP) is 0.708. The summed E-state index contributed by atoms with van der Waals surface area (Å²) in [5.41, 5.74) is 0.348. The number of imide groups is 1. The first-order chi connectivity index (χ1) is 11.1. The number of rotatable bonds is 3. The molecule has 4 rings (SSSR count).